The van der Waals surface area contributed by atoms with Crippen molar-refractivity contribution in [2.24, 2.45) is 0 Å². The van der Waals surface area contributed by atoms with Crippen LogP contribution in [0.2, 0.25) is 0 Å². The number of aromatic nitrogens is 2. The van der Waals surface area contributed by atoms with E-state index >= 15 is 0 Å². The first-order valence-electron chi connectivity index (χ1n) is 8.22. The molecule has 1 aliphatic carbocycles. The lowest BCUT2D eigenvalue weighted by Gasteiger charge is -2.28. The van der Waals surface area contributed by atoms with Gasteiger partial charge in [-0.25, -0.2) is 0 Å². The summed E-state index contributed by atoms with van der Waals surface area (Å²) in [4.78, 5) is 14.5. The predicted octanol–water partition coefficient (Wildman–Crippen LogP) is 2.94. The average Bonchev–Trinajstić information content (AvgIpc) is 3.20. The number of carbonyl (C=O) groups is 1. The van der Waals surface area contributed by atoms with Gasteiger partial charge in [-0.3, -0.25) is 15.0 Å². The first kappa shape index (κ1) is 16.9. The Hall–Kier alpha value is -1.99. The van der Waals surface area contributed by atoms with Crippen LogP contribution in [0, 0.1) is 6.92 Å². The quantitative estimate of drug-likeness (QED) is 0.841. The largest absolute Gasteiger partial charge is 0.508 e. The number of nitrogens with zero attached hydrogens (tertiary/aromatic N) is 3. The van der Waals surface area contributed by atoms with Crippen molar-refractivity contribution in [2.45, 2.75) is 45.2 Å². The van der Waals surface area contributed by atoms with Gasteiger partial charge >= 0.3 is 0 Å². The molecule has 2 aromatic rings. The van der Waals surface area contributed by atoms with E-state index in [9.17, 15) is 9.90 Å². The molecule has 1 aromatic heterocycles. The predicted molar refractivity (Wildman–Crippen MR) is 94.0 cm³/mol. The molecule has 3 rings (SSSR count). The smallest absolute Gasteiger partial charge is 0.240 e. The van der Waals surface area contributed by atoms with Crippen molar-refractivity contribution in [1.82, 2.24) is 15.1 Å². The summed E-state index contributed by atoms with van der Waals surface area (Å²) < 4.78 is 0. The van der Waals surface area contributed by atoms with Gasteiger partial charge in [0, 0.05) is 18.2 Å². The molecule has 6 nitrogen and oxygen atoms in total. The van der Waals surface area contributed by atoms with Gasteiger partial charge in [0.1, 0.15) is 10.8 Å². The third-order valence-electron chi connectivity index (χ3n) is 4.33. The molecular formula is C17H22N4O2S. The number of rotatable bonds is 6. The first-order chi connectivity index (χ1) is 11.6. The third-order valence-corrected chi connectivity index (χ3v) is 5.08. The Morgan fingerprint density at radius 3 is 2.75 bits per heavy atom. The van der Waals surface area contributed by atoms with Crippen molar-refractivity contribution in [1.29, 1.82) is 0 Å². The summed E-state index contributed by atoms with van der Waals surface area (Å²) in [5, 5.41) is 22.1. The second kappa shape index (κ2) is 7.72. The molecule has 1 aliphatic rings. The fourth-order valence-electron chi connectivity index (χ4n) is 3.14. The molecule has 0 spiro atoms. The molecule has 7 heteroatoms. The number of hydrogen-bond acceptors (Lipinski definition) is 6. The van der Waals surface area contributed by atoms with Gasteiger partial charge < -0.3 is 5.11 Å². The van der Waals surface area contributed by atoms with Gasteiger partial charge in [-0.15, -0.1) is 10.2 Å². The van der Waals surface area contributed by atoms with Gasteiger partial charge in [-0.2, -0.15) is 0 Å². The number of aryl methyl sites for hydroxylation is 1. The van der Waals surface area contributed by atoms with E-state index in [2.05, 4.69) is 20.4 Å². The maximum atomic E-state index is 12.4. The van der Waals surface area contributed by atoms with Crippen molar-refractivity contribution in [2.75, 3.05) is 11.9 Å². The minimum Gasteiger partial charge on any atom is -0.508 e. The topological polar surface area (TPSA) is 78.4 Å². The normalized spacial score (nSPS) is 15.1. The number of carbonyl (C=O) groups excluding carboxylic acids is 1. The number of benzene rings is 1. The number of para-hydroxylation sites is 1. The monoisotopic (exact) mass is 346 g/mol. The van der Waals surface area contributed by atoms with Crippen LogP contribution in [0.15, 0.2) is 24.3 Å². The Kier molecular flexibility index (Phi) is 5.42. The summed E-state index contributed by atoms with van der Waals surface area (Å²) in [7, 11) is 0. The highest BCUT2D eigenvalue weighted by molar-refractivity contribution is 7.15. The molecule has 0 saturated heterocycles. The van der Waals surface area contributed by atoms with Gasteiger partial charge in [-0.05, 0) is 25.8 Å². The second-order valence-electron chi connectivity index (χ2n) is 6.15. The highest BCUT2D eigenvalue weighted by Crippen LogP contribution is 2.27. The molecule has 2 N–H and O–H groups in total. The number of hydrogen-bond donors (Lipinski definition) is 2. The summed E-state index contributed by atoms with van der Waals surface area (Å²) in [6.45, 7) is 2.72. The van der Waals surface area contributed by atoms with Gasteiger partial charge in [0.25, 0.3) is 0 Å². The standard InChI is InChI=1S/C17H22N4O2S/c1-12-19-20-17(24-12)18-16(23)11-21(14-7-3-4-8-14)10-13-6-2-5-9-15(13)22/h2,5-6,9,14,22H,3-4,7-8,10-11H2,1H3,(H,18,20,23). The van der Waals surface area contributed by atoms with Crippen LogP contribution in [-0.4, -0.2) is 38.7 Å². The molecule has 0 unspecified atom stereocenters. The molecule has 1 heterocycles. The van der Waals surface area contributed by atoms with Crippen LogP contribution in [0.5, 0.6) is 5.75 Å². The third kappa shape index (κ3) is 4.30. The molecule has 24 heavy (non-hydrogen) atoms. The van der Waals surface area contributed by atoms with E-state index in [1.165, 1.54) is 24.2 Å². The van der Waals surface area contributed by atoms with Crippen molar-refractivity contribution in [3.05, 3.63) is 34.8 Å². The Bertz CT molecular complexity index is 697. The fourth-order valence-corrected chi connectivity index (χ4v) is 3.75. The Labute approximate surface area is 145 Å². The lowest BCUT2D eigenvalue weighted by molar-refractivity contribution is -0.118. The van der Waals surface area contributed by atoms with E-state index in [-0.39, 0.29) is 18.2 Å². The first-order valence-corrected chi connectivity index (χ1v) is 9.04. The molecule has 0 aliphatic heterocycles. The van der Waals surface area contributed by atoms with Crippen molar-refractivity contribution in [3.8, 4) is 5.75 Å². The maximum absolute atomic E-state index is 12.4. The van der Waals surface area contributed by atoms with E-state index in [4.69, 9.17) is 0 Å². The fraction of sp³-hybridized carbons (Fsp3) is 0.471. The molecule has 0 atom stereocenters. The van der Waals surface area contributed by atoms with Crippen molar-refractivity contribution < 1.29 is 9.90 Å². The summed E-state index contributed by atoms with van der Waals surface area (Å²) >= 11 is 1.37. The maximum Gasteiger partial charge on any atom is 0.240 e. The molecule has 1 fully saturated rings. The number of aromatic hydroxyl groups is 1. The van der Waals surface area contributed by atoms with E-state index in [1.807, 2.05) is 25.1 Å². The summed E-state index contributed by atoms with van der Waals surface area (Å²) in [5.74, 6) is 0.189. The van der Waals surface area contributed by atoms with E-state index < -0.39 is 0 Å². The van der Waals surface area contributed by atoms with Crippen molar-refractivity contribution >= 4 is 22.4 Å². The van der Waals surface area contributed by atoms with E-state index in [0.29, 0.717) is 17.7 Å². The summed E-state index contributed by atoms with van der Waals surface area (Å²) in [6.07, 6.45) is 4.58. The minimum absolute atomic E-state index is 0.0894. The Morgan fingerprint density at radius 2 is 2.08 bits per heavy atom. The Morgan fingerprint density at radius 1 is 1.33 bits per heavy atom. The van der Waals surface area contributed by atoms with Crippen LogP contribution >= 0.6 is 11.3 Å². The van der Waals surface area contributed by atoms with Gasteiger partial charge in [0.15, 0.2) is 0 Å². The lowest BCUT2D eigenvalue weighted by atomic mass is 10.1. The number of phenols is 1. The van der Waals surface area contributed by atoms with Crippen LogP contribution in [-0.2, 0) is 11.3 Å². The van der Waals surface area contributed by atoms with Crippen LogP contribution < -0.4 is 5.32 Å². The molecule has 1 aromatic carbocycles. The minimum atomic E-state index is -0.0894. The number of phenolic OH excluding ortho intramolecular Hbond substituents is 1. The lowest BCUT2D eigenvalue weighted by Crippen LogP contribution is -2.39. The highest BCUT2D eigenvalue weighted by Gasteiger charge is 2.25. The van der Waals surface area contributed by atoms with Crippen LogP contribution in [0.1, 0.15) is 36.3 Å². The zero-order valence-corrected chi connectivity index (χ0v) is 14.6. The van der Waals surface area contributed by atoms with Gasteiger partial charge in [0.2, 0.25) is 11.0 Å². The molecule has 1 saturated carbocycles. The van der Waals surface area contributed by atoms with Crippen LogP contribution in [0.3, 0.4) is 0 Å². The average molecular weight is 346 g/mol. The second-order valence-corrected chi connectivity index (χ2v) is 7.33. The Balaban J connectivity index is 1.67. The summed E-state index contributed by atoms with van der Waals surface area (Å²) in [5.41, 5.74) is 0.851. The molecule has 128 valence electrons. The van der Waals surface area contributed by atoms with Gasteiger partial charge in [0.05, 0.1) is 6.54 Å². The molecule has 0 radical (unpaired) electrons. The zero-order valence-electron chi connectivity index (χ0n) is 13.7. The van der Waals surface area contributed by atoms with Gasteiger partial charge in [-0.1, -0.05) is 42.4 Å². The molecule has 0 bridgehead atoms. The highest BCUT2D eigenvalue weighted by atomic mass is 32.1. The SMILES string of the molecule is Cc1nnc(NC(=O)CN(Cc2ccccc2O)C2CCCC2)s1. The molecule has 1 amide bonds. The molecular weight excluding hydrogens is 324 g/mol. The van der Waals surface area contributed by atoms with Crippen LogP contribution in [0.4, 0.5) is 5.13 Å². The number of anilines is 1. The van der Waals surface area contributed by atoms with E-state index in [1.54, 1.807) is 6.07 Å². The zero-order chi connectivity index (χ0) is 16.9. The van der Waals surface area contributed by atoms with E-state index in [0.717, 1.165) is 23.4 Å². The van der Waals surface area contributed by atoms with Crippen molar-refractivity contribution in [3.63, 3.8) is 0 Å². The van der Waals surface area contributed by atoms with Crippen LogP contribution in [0.25, 0.3) is 0 Å². The summed E-state index contributed by atoms with van der Waals surface area (Å²) in [6, 6.07) is 7.69. The number of nitrogens with one attached hydrogen (secondary N) is 1. The number of amides is 1.